The highest BCUT2D eigenvalue weighted by Gasteiger charge is 2.59. The van der Waals surface area contributed by atoms with Gasteiger partial charge >= 0.3 is 12.3 Å². The second kappa shape index (κ2) is 8.36. The predicted octanol–water partition coefficient (Wildman–Crippen LogP) is 3.68. The summed E-state index contributed by atoms with van der Waals surface area (Å²) in [6.45, 7) is 6.47. The van der Waals surface area contributed by atoms with Gasteiger partial charge in [0.15, 0.2) is 6.19 Å². The molecular weight excluding hydrogens is 449 g/mol. The molecule has 2 heterocycles. The zero-order valence-corrected chi connectivity index (χ0v) is 19.5. The van der Waals surface area contributed by atoms with Gasteiger partial charge in [0.2, 0.25) is 5.91 Å². The quantitative estimate of drug-likeness (QED) is 0.656. The molecule has 1 saturated heterocycles. The van der Waals surface area contributed by atoms with Crippen molar-refractivity contribution in [2.45, 2.75) is 64.4 Å². The monoisotopic (exact) mass is 478 g/mol. The van der Waals surface area contributed by atoms with Crippen LogP contribution in [0.3, 0.4) is 0 Å². The molecule has 10 heteroatoms. The minimum Gasteiger partial charge on any atom is -0.444 e. The summed E-state index contributed by atoms with van der Waals surface area (Å²) in [5, 5.41) is 12.3. The summed E-state index contributed by atoms with van der Waals surface area (Å²) in [5.74, 6) is -0.297. The molecule has 1 aromatic carbocycles. The maximum atomic E-state index is 13.8. The van der Waals surface area contributed by atoms with E-state index in [2.05, 4.69) is 11.5 Å². The van der Waals surface area contributed by atoms with Crippen LogP contribution in [-0.4, -0.2) is 53.1 Å². The van der Waals surface area contributed by atoms with E-state index in [9.17, 15) is 28.0 Å². The number of alkyl carbamates (subject to hydrolysis) is 1. The second-order valence-electron chi connectivity index (χ2n) is 10.6. The van der Waals surface area contributed by atoms with E-state index in [1.807, 2.05) is 0 Å². The summed E-state index contributed by atoms with van der Waals surface area (Å²) >= 11 is 0. The number of ether oxygens (including phenoxy) is 1. The second-order valence-corrected chi connectivity index (χ2v) is 10.6. The van der Waals surface area contributed by atoms with Gasteiger partial charge in [-0.2, -0.15) is 18.4 Å². The number of hydrogen-bond acceptors (Lipinski definition) is 5. The molecule has 184 valence electrons. The fourth-order valence-electron chi connectivity index (χ4n) is 5.58. The lowest BCUT2D eigenvalue weighted by atomic mass is 9.78. The summed E-state index contributed by atoms with van der Waals surface area (Å²) in [5.41, 5.74) is -0.934. The van der Waals surface area contributed by atoms with Gasteiger partial charge in [0.1, 0.15) is 5.60 Å². The molecule has 1 aromatic rings. The molecule has 1 saturated carbocycles. The number of hydrogen-bond donors (Lipinski definition) is 1. The van der Waals surface area contributed by atoms with Crippen LogP contribution < -0.4 is 5.32 Å². The third-order valence-corrected chi connectivity index (χ3v) is 7.00. The highest BCUT2D eigenvalue weighted by Crippen LogP contribution is 2.50. The summed E-state index contributed by atoms with van der Waals surface area (Å²) in [7, 11) is 0. The van der Waals surface area contributed by atoms with Crippen molar-refractivity contribution in [3.8, 4) is 6.19 Å². The summed E-state index contributed by atoms with van der Waals surface area (Å²) < 4.78 is 45.0. The fraction of sp³-hybridized carbons (Fsp3) is 0.625. The average Bonchev–Trinajstić information content (AvgIpc) is 3.24. The first-order valence-electron chi connectivity index (χ1n) is 11.4. The van der Waals surface area contributed by atoms with Crippen molar-refractivity contribution in [1.82, 2.24) is 15.1 Å². The third kappa shape index (κ3) is 4.65. The predicted molar refractivity (Wildman–Crippen MR) is 116 cm³/mol. The first-order valence-corrected chi connectivity index (χ1v) is 11.4. The van der Waals surface area contributed by atoms with Crippen LogP contribution in [0.15, 0.2) is 18.2 Å². The van der Waals surface area contributed by atoms with Crippen molar-refractivity contribution in [3.63, 3.8) is 0 Å². The minimum absolute atomic E-state index is 0.100. The van der Waals surface area contributed by atoms with Crippen molar-refractivity contribution in [1.29, 1.82) is 5.26 Å². The van der Waals surface area contributed by atoms with E-state index < -0.39 is 28.8 Å². The number of alkyl halides is 3. The van der Waals surface area contributed by atoms with Crippen LogP contribution in [0.2, 0.25) is 0 Å². The van der Waals surface area contributed by atoms with Crippen molar-refractivity contribution in [2.24, 2.45) is 11.3 Å². The molecule has 1 aliphatic carbocycles. The number of amides is 2. The van der Waals surface area contributed by atoms with E-state index in [4.69, 9.17) is 4.74 Å². The molecule has 7 nitrogen and oxygen atoms in total. The Bertz CT molecular complexity index is 1030. The van der Waals surface area contributed by atoms with Gasteiger partial charge in [0.05, 0.1) is 11.0 Å². The molecule has 1 N–H and O–H groups in total. The summed E-state index contributed by atoms with van der Waals surface area (Å²) in [6.07, 6.45) is -1.51. The van der Waals surface area contributed by atoms with Gasteiger partial charge in [0.25, 0.3) is 0 Å². The minimum atomic E-state index is -4.45. The largest absolute Gasteiger partial charge is 0.444 e. The van der Waals surface area contributed by atoms with Crippen LogP contribution in [0.4, 0.5) is 18.0 Å². The van der Waals surface area contributed by atoms with Crippen molar-refractivity contribution < 1.29 is 27.5 Å². The molecular formula is C24H29F3N4O3. The van der Waals surface area contributed by atoms with E-state index >= 15 is 0 Å². The average molecular weight is 479 g/mol. The van der Waals surface area contributed by atoms with Crippen LogP contribution in [0.5, 0.6) is 0 Å². The normalized spacial score (nSPS) is 26.5. The molecule has 3 atom stereocenters. The lowest BCUT2D eigenvalue weighted by molar-refractivity contribution is -0.143. The molecule has 2 amide bonds. The SMILES string of the molecule is CC(C)(C)OC(=O)N[C@@H]1C[C@H]2CN(C#N)C[C@@]2(C(=O)N2CCc3ccc(C(F)(F)F)cc3C2)C1. The Kier molecular flexibility index (Phi) is 5.95. The maximum absolute atomic E-state index is 13.8. The van der Waals surface area contributed by atoms with E-state index in [-0.39, 0.29) is 31.0 Å². The van der Waals surface area contributed by atoms with Crippen molar-refractivity contribution in [2.75, 3.05) is 19.6 Å². The Balaban J connectivity index is 1.53. The van der Waals surface area contributed by atoms with Crippen LogP contribution in [-0.2, 0) is 28.7 Å². The van der Waals surface area contributed by atoms with Gasteiger partial charge in [0, 0.05) is 32.2 Å². The molecule has 2 fully saturated rings. The first kappa shape index (κ1) is 24.2. The molecule has 34 heavy (non-hydrogen) atoms. The number of benzene rings is 1. The molecule has 2 aliphatic heterocycles. The van der Waals surface area contributed by atoms with Crippen LogP contribution in [0.1, 0.15) is 50.3 Å². The smallest absolute Gasteiger partial charge is 0.416 e. The lowest BCUT2D eigenvalue weighted by Gasteiger charge is -2.37. The van der Waals surface area contributed by atoms with E-state index in [1.54, 1.807) is 30.6 Å². The molecule has 0 aromatic heterocycles. The topological polar surface area (TPSA) is 85.7 Å². The first-order chi connectivity index (χ1) is 15.8. The maximum Gasteiger partial charge on any atom is 0.416 e. The number of nitrogens with one attached hydrogen (secondary N) is 1. The van der Waals surface area contributed by atoms with Gasteiger partial charge in [-0.15, -0.1) is 0 Å². The summed E-state index contributed by atoms with van der Waals surface area (Å²) in [6, 6.07) is 3.42. The van der Waals surface area contributed by atoms with Crippen LogP contribution >= 0.6 is 0 Å². The Morgan fingerprint density at radius 2 is 1.97 bits per heavy atom. The van der Waals surface area contributed by atoms with E-state index in [0.29, 0.717) is 37.9 Å². The number of carbonyl (C=O) groups excluding carboxylic acids is 2. The Labute approximate surface area is 196 Å². The number of fused-ring (bicyclic) bond motifs is 2. The number of carbonyl (C=O) groups is 2. The van der Waals surface area contributed by atoms with Gasteiger partial charge in [-0.05, 0) is 69.2 Å². The zero-order chi connectivity index (χ0) is 24.9. The Morgan fingerprint density at radius 3 is 2.62 bits per heavy atom. The zero-order valence-electron chi connectivity index (χ0n) is 19.5. The number of rotatable bonds is 2. The highest BCUT2D eigenvalue weighted by molar-refractivity contribution is 5.85. The lowest BCUT2D eigenvalue weighted by Crippen LogP contribution is -2.49. The Morgan fingerprint density at radius 1 is 1.24 bits per heavy atom. The fourth-order valence-corrected chi connectivity index (χ4v) is 5.58. The van der Waals surface area contributed by atoms with Gasteiger partial charge in [-0.3, -0.25) is 4.79 Å². The molecule has 0 unspecified atom stereocenters. The Hall–Kier alpha value is -2.96. The van der Waals surface area contributed by atoms with E-state index in [1.165, 1.54) is 6.07 Å². The van der Waals surface area contributed by atoms with Gasteiger partial charge in [-0.1, -0.05) is 6.07 Å². The molecule has 0 radical (unpaired) electrons. The number of likely N-dealkylation sites (tertiary alicyclic amines) is 1. The van der Waals surface area contributed by atoms with Crippen molar-refractivity contribution >= 4 is 12.0 Å². The van der Waals surface area contributed by atoms with Gasteiger partial charge in [-0.25, -0.2) is 4.79 Å². The molecule has 0 bridgehead atoms. The van der Waals surface area contributed by atoms with Crippen LogP contribution in [0.25, 0.3) is 0 Å². The number of nitriles is 1. The van der Waals surface area contributed by atoms with Gasteiger partial charge < -0.3 is 19.9 Å². The third-order valence-electron chi connectivity index (χ3n) is 7.00. The summed E-state index contributed by atoms with van der Waals surface area (Å²) in [4.78, 5) is 29.3. The van der Waals surface area contributed by atoms with Crippen LogP contribution in [0, 0.1) is 22.8 Å². The number of nitrogens with zero attached hydrogens (tertiary/aromatic N) is 3. The highest BCUT2D eigenvalue weighted by atomic mass is 19.4. The standard InChI is InChI=1S/C24H29F3N4O3/c1-22(2,3)34-21(33)29-19-9-18-12-30(14-28)13-23(18,10-19)20(32)31-7-6-15-4-5-17(24(25,26)27)8-16(15)11-31/h4-5,8,18-19H,6-7,9-13H2,1-3H3,(H,29,33)/t18-,19+,23-/m0/s1. The van der Waals surface area contributed by atoms with Crippen molar-refractivity contribution in [3.05, 3.63) is 34.9 Å². The molecule has 4 rings (SSSR count). The number of halogens is 3. The molecule has 3 aliphatic rings. The van der Waals surface area contributed by atoms with E-state index in [0.717, 1.165) is 17.7 Å². The molecule has 0 spiro atoms.